The third-order valence-electron chi connectivity index (χ3n) is 5.81. The van der Waals surface area contributed by atoms with E-state index in [0.29, 0.717) is 12.6 Å². The first-order valence-corrected chi connectivity index (χ1v) is 10.2. The maximum absolute atomic E-state index is 12.7. The maximum Gasteiger partial charge on any atom is 0.317 e. The van der Waals surface area contributed by atoms with Gasteiger partial charge in [-0.2, -0.15) is 0 Å². The Morgan fingerprint density at radius 2 is 1.59 bits per heavy atom. The summed E-state index contributed by atoms with van der Waals surface area (Å²) in [7, 11) is 0. The fraction of sp³-hybridized carbons (Fsp3) is 0.435. The summed E-state index contributed by atoms with van der Waals surface area (Å²) in [6.07, 6.45) is 4.86. The highest BCUT2D eigenvalue weighted by atomic mass is 16.2. The zero-order chi connectivity index (χ0) is 18.5. The normalized spacial score (nSPS) is 20.1. The highest BCUT2D eigenvalue weighted by molar-refractivity contribution is 5.75. The molecule has 4 nitrogen and oxygen atoms in total. The van der Waals surface area contributed by atoms with Crippen LogP contribution in [-0.2, 0) is 6.54 Å². The molecule has 0 aromatic heterocycles. The fourth-order valence-electron chi connectivity index (χ4n) is 4.28. The smallest absolute Gasteiger partial charge is 0.317 e. The van der Waals surface area contributed by atoms with E-state index in [2.05, 4.69) is 63.6 Å². The van der Waals surface area contributed by atoms with Crippen LogP contribution in [0.25, 0.3) is 11.1 Å². The van der Waals surface area contributed by atoms with Crippen LogP contribution >= 0.6 is 0 Å². The van der Waals surface area contributed by atoms with Gasteiger partial charge in [0.05, 0.1) is 0 Å². The van der Waals surface area contributed by atoms with Crippen LogP contribution in [-0.4, -0.2) is 48.1 Å². The Hall–Kier alpha value is -2.33. The molecule has 1 atom stereocenters. The van der Waals surface area contributed by atoms with E-state index >= 15 is 0 Å². The van der Waals surface area contributed by atoms with E-state index < -0.39 is 0 Å². The third-order valence-corrected chi connectivity index (χ3v) is 5.81. The summed E-state index contributed by atoms with van der Waals surface area (Å²) < 4.78 is 0. The van der Waals surface area contributed by atoms with Gasteiger partial charge in [0.1, 0.15) is 0 Å². The molecule has 4 rings (SSSR count). The monoisotopic (exact) mass is 363 g/mol. The number of nitrogens with one attached hydrogen (secondary N) is 1. The lowest BCUT2D eigenvalue weighted by molar-refractivity contribution is 0.174. The summed E-state index contributed by atoms with van der Waals surface area (Å²) in [5.41, 5.74) is 3.56. The summed E-state index contributed by atoms with van der Waals surface area (Å²) in [5, 5.41) is 3.12. The lowest BCUT2D eigenvalue weighted by atomic mass is 10.0. The number of nitrogens with zero attached hydrogens (tertiary/aromatic N) is 2. The largest absolute Gasteiger partial charge is 0.334 e. The minimum atomic E-state index is 0.0869. The Bertz CT molecular complexity index is 738. The molecule has 0 radical (unpaired) electrons. The molecule has 2 aliphatic rings. The van der Waals surface area contributed by atoms with Gasteiger partial charge >= 0.3 is 6.03 Å². The van der Waals surface area contributed by atoms with Crippen molar-refractivity contribution in [1.82, 2.24) is 15.1 Å². The van der Waals surface area contributed by atoms with E-state index in [1.54, 1.807) is 0 Å². The number of amides is 2. The van der Waals surface area contributed by atoms with Gasteiger partial charge in [-0.25, -0.2) is 4.79 Å². The Morgan fingerprint density at radius 3 is 2.33 bits per heavy atom. The van der Waals surface area contributed by atoms with E-state index in [0.717, 1.165) is 31.5 Å². The van der Waals surface area contributed by atoms with E-state index in [1.807, 2.05) is 6.07 Å². The first-order valence-electron chi connectivity index (χ1n) is 10.2. The molecule has 27 heavy (non-hydrogen) atoms. The second-order valence-electron chi connectivity index (χ2n) is 7.72. The lowest BCUT2D eigenvalue weighted by Gasteiger charge is -2.28. The predicted octanol–water partition coefficient (Wildman–Crippen LogP) is 4.12. The van der Waals surface area contributed by atoms with Gasteiger partial charge in [0.25, 0.3) is 0 Å². The Balaban J connectivity index is 1.30. The molecule has 142 valence electrons. The highest BCUT2D eigenvalue weighted by Gasteiger charge is 2.30. The van der Waals surface area contributed by atoms with Crippen LogP contribution in [0.5, 0.6) is 0 Å². The van der Waals surface area contributed by atoms with Crippen molar-refractivity contribution < 1.29 is 4.79 Å². The van der Waals surface area contributed by atoms with Gasteiger partial charge in [0, 0.05) is 25.7 Å². The van der Waals surface area contributed by atoms with Crippen LogP contribution in [0.15, 0.2) is 54.6 Å². The number of carbonyl (C=O) groups is 1. The molecule has 1 N–H and O–H groups in total. The highest BCUT2D eigenvalue weighted by Crippen LogP contribution is 2.21. The van der Waals surface area contributed by atoms with Gasteiger partial charge in [0.2, 0.25) is 0 Å². The number of urea groups is 1. The molecular weight excluding hydrogens is 334 g/mol. The second-order valence-corrected chi connectivity index (χ2v) is 7.72. The first kappa shape index (κ1) is 18.1. The van der Waals surface area contributed by atoms with E-state index in [-0.39, 0.29) is 6.03 Å². The molecule has 0 unspecified atom stereocenters. The zero-order valence-corrected chi connectivity index (χ0v) is 15.9. The van der Waals surface area contributed by atoms with Gasteiger partial charge in [-0.1, -0.05) is 54.6 Å². The number of rotatable bonds is 5. The third kappa shape index (κ3) is 4.51. The van der Waals surface area contributed by atoms with Crippen LogP contribution < -0.4 is 5.32 Å². The van der Waals surface area contributed by atoms with E-state index in [4.69, 9.17) is 0 Å². The van der Waals surface area contributed by atoms with Crippen molar-refractivity contribution in [3.05, 3.63) is 60.2 Å². The van der Waals surface area contributed by atoms with Crippen molar-refractivity contribution in [2.75, 3.05) is 26.2 Å². The topological polar surface area (TPSA) is 35.6 Å². The molecule has 0 saturated carbocycles. The zero-order valence-electron chi connectivity index (χ0n) is 15.9. The van der Waals surface area contributed by atoms with Crippen molar-refractivity contribution in [3.8, 4) is 11.1 Å². The minimum Gasteiger partial charge on any atom is -0.334 e. The molecule has 4 heteroatoms. The van der Waals surface area contributed by atoms with Crippen molar-refractivity contribution in [3.63, 3.8) is 0 Å². The van der Waals surface area contributed by atoms with Crippen LogP contribution in [0.2, 0.25) is 0 Å². The molecule has 2 amide bonds. The maximum atomic E-state index is 12.7. The lowest BCUT2D eigenvalue weighted by Crippen LogP contribution is -2.46. The molecule has 0 bridgehead atoms. The first-order chi connectivity index (χ1) is 13.3. The number of hydrogen-bond donors (Lipinski definition) is 1. The van der Waals surface area contributed by atoms with Crippen molar-refractivity contribution in [1.29, 1.82) is 0 Å². The van der Waals surface area contributed by atoms with Gasteiger partial charge in [0.15, 0.2) is 0 Å². The van der Waals surface area contributed by atoms with E-state index in [9.17, 15) is 4.79 Å². The number of hydrogen-bond acceptors (Lipinski definition) is 2. The molecule has 0 spiro atoms. The summed E-state index contributed by atoms with van der Waals surface area (Å²) in [6, 6.07) is 19.3. The van der Waals surface area contributed by atoms with Gasteiger partial charge in [-0.3, -0.25) is 0 Å². The average molecular weight is 364 g/mol. The van der Waals surface area contributed by atoms with Gasteiger partial charge in [-0.05, 0) is 55.5 Å². The fourth-order valence-corrected chi connectivity index (χ4v) is 4.28. The Morgan fingerprint density at radius 1 is 0.889 bits per heavy atom. The van der Waals surface area contributed by atoms with Crippen LogP contribution in [0.1, 0.15) is 31.2 Å². The van der Waals surface area contributed by atoms with Gasteiger partial charge in [-0.15, -0.1) is 0 Å². The summed E-state index contributed by atoms with van der Waals surface area (Å²) >= 11 is 0. The van der Waals surface area contributed by atoms with Crippen molar-refractivity contribution >= 4 is 6.03 Å². The Kier molecular flexibility index (Phi) is 5.73. The Labute approximate surface area is 162 Å². The molecule has 0 aliphatic carbocycles. The summed E-state index contributed by atoms with van der Waals surface area (Å²) in [6.45, 7) is 4.90. The standard InChI is InChI=1S/C23H29N3O/c27-23(26-16-6-9-22(26)18-25-14-4-5-15-25)24-17-19-10-12-21(13-11-19)20-7-2-1-3-8-20/h1-3,7-8,10-13,22H,4-6,9,14-18H2,(H,24,27)/t22-/m0/s1. The minimum absolute atomic E-state index is 0.0869. The molecule has 2 heterocycles. The van der Waals surface area contributed by atoms with Crippen LogP contribution in [0, 0.1) is 0 Å². The van der Waals surface area contributed by atoms with E-state index in [1.165, 1.54) is 37.1 Å². The van der Waals surface area contributed by atoms with Crippen LogP contribution in [0.4, 0.5) is 4.79 Å². The SMILES string of the molecule is O=C(NCc1ccc(-c2ccccc2)cc1)N1CCC[C@H]1CN1CCCC1. The molecular formula is C23H29N3O. The van der Waals surface area contributed by atoms with Crippen molar-refractivity contribution in [2.24, 2.45) is 0 Å². The quantitative estimate of drug-likeness (QED) is 0.867. The second kappa shape index (κ2) is 8.57. The molecule has 2 fully saturated rings. The van der Waals surface area contributed by atoms with Crippen LogP contribution in [0.3, 0.4) is 0 Å². The average Bonchev–Trinajstić information content (AvgIpc) is 3.40. The molecule has 2 aromatic rings. The molecule has 2 aliphatic heterocycles. The number of benzene rings is 2. The van der Waals surface area contributed by atoms with Crippen molar-refractivity contribution in [2.45, 2.75) is 38.3 Å². The molecule has 2 aromatic carbocycles. The summed E-state index contributed by atoms with van der Waals surface area (Å²) in [5.74, 6) is 0. The number of carbonyl (C=O) groups excluding carboxylic acids is 1. The number of likely N-dealkylation sites (tertiary alicyclic amines) is 2. The predicted molar refractivity (Wildman–Crippen MR) is 110 cm³/mol. The van der Waals surface area contributed by atoms with Gasteiger partial charge < -0.3 is 15.1 Å². The summed E-state index contributed by atoms with van der Waals surface area (Å²) in [4.78, 5) is 17.3. The molecule has 2 saturated heterocycles.